The van der Waals surface area contributed by atoms with Gasteiger partial charge in [-0.3, -0.25) is 0 Å². The molecule has 14 atom stereocenters. The fourth-order valence-electron chi connectivity index (χ4n) is 16.7. The molecule has 0 aromatic heterocycles. The number of para-hydroxylation sites is 2. The Morgan fingerprint density at radius 1 is 0.674 bits per heavy atom. The Bertz CT molecular complexity index is 1740. The van der Waals surface area contributed by atoms with Gasteiger partial charge >= 0.3 is 0 Å². The number of likely N-dealkylation sites (N-methyl/N-ethyl adjacent to an activating group) is 2. The number of aliphatic hydroxyl groups is 2. The van der Waals surface area contributed by atoms with E-state index in [9.17, 15) is 10.2 Å². The molecule has 0 amide bonds. The summed E-state index contributed by atoms with van der Waals surface area (Å²) >= 11 is 0. The van der Waals surface area contributed by atoms with Gasteiger partial charge < -0.3 is 29.0 Å². The third-order valence-corrected chi connectivity index (χ3v) is 17.5. The molecular weight excluding hydrogens is 568 g/mol. The second kappa shape index (κ2) is 7.34. The third-order valence-electron chi connectivity index (χ3n) is 17.5. The fraction of sp³-hybridized carbons (Fsp3) is 0.600. The standard InChI is InChI=1S/C40H48N4O2/c1-5-23-21-43(3)17-15-37-25-11-7-9-13-29(25)41-33(37)39(27(23)19-31(37)43)35(45)42-30-14-10-8-12-26(30)38-16-18-44(4)22-24(6-2)28(20-32(38)44)40(39,34(38)42)36(41)46/h5-14,27-28,31-36,45-46H,15-22H2,1-4H3/q+2/b23-5-,24-6-. The Hall–Kier alpha value is -2.64. The van der Waals surface area contributed by atoms with Gasteiger partial charge in [0.25, 0.3) is 0 Å². The molecule has 8 aliphatic heterocycles. The third kappa shape index (κ3) is 2.07. The monoisotopic (exact) mass is 616 g/mol. The number of hydrogen-bond acceptors (Lipinski definition) is 4. The first-order valence-electron chi connectivity index (χ1n) is 18.3. The summed E-state index contributed by atoms with van der Waals surface area (Å²) in [5, 5.41) is 27.6. The van der Waals surface area contributed by atoms with Gasteiger partial charge in [-0.05, 0) is 48.3 Å². The lowest BCUT2D eigenvalue weighted by molar-refractivity contribution is -0.926. The maximum absolute atomic E-state index is 13.8. The van der Waals surface area contributed by atoms with Gasteiger partial charge in [-0.1, -0.05) is 48.6 Å². The number of benzene rings is 2. The van der Waals surface area contributed by atoms with Gasteiger partial charge in [-0.2, -0.15) is 0 Å². The van der Waals surface area contributed by atoms with E-state index in [4.69, 9.17) is 0 Å². The smallest absolute Gasteiger partial charge is 0.136 e. The first-order chi connectivity index (χ1) is 22.2. The van der Waals surface area contributed by atoms with Crippen LogP contribution in [0.5, 0.6) is 0 Å². The lowest BCUT2D eigenvalue weighted by Gasteiger charge is -2.67. The van der Waals surface area contributed by atoms with E-state index in [0.29, 0.717) is 12.1 Å². The van der Waals surface area contributed by atoms with E-state index in [2.05, 4.69) is 98.4 Å². The second-order valence-electron chi connectivity index (χ2n) is 17.9. The Labute approximate surface area is 272 Å². The van der Waals surface area contributed by atoms with Gasteiger partial charge in [0.1, 0.15) is 37.6 Å². The molecule has 6 saturated heterocycles. The highest BCUT2D eigenvalue weighted by atomic mass is 16.3. The predicted octanol–water partition coefficient (Wildman–Crippen LogP) is 4.27. The van der Waals surface area contributed by atoms with Crippen molar-refractivity contribution in [3.63, 3.8) is 0 Å². The first-order valence-corrected chi connectivity index (χ1v) is 18.3. The largest absolute Gasteiger partial charge is 0.373 e. The minimum atomic E-state index is -0.649. The number of rotatable bonds is 0. The highest BCUT2D eigenvalue weighted by Gasteiger charge is 2.96. The summed E-state index contributed by atoms with van der Waals surface area (Å²) in [4.78, 5) is 5.15. The number of piperidine rings is 2. The van der Waals surface area contributed by atoms with Gasteiger partial charge in [0.15, 0.2) is 0 Å². The van der Waals surface area contributed by atoms with E-state index in [0.717, 1.165) is 47.7 Å². The molecule has 238 valence electrons. The maximum atomic E-state index is 13.8. The van der Waals surface area contributed by atoms with Gasteiger partial charge in [0.2, 0.25) is 0 Å². The minimum absolute atomic E-state index is 0.0686. The van der Waals surface area contributed by atoms with Crippen LogP contribution in [0.1, 0.15) is 50.7 Å². The van der Waals surface area contributed by atoms with Gasteiger partial charge in [0, 0.05) is 48.9 Å². The number of allylic oxidation sites excluding steroid dienone is 2. The Balaban J connectivity index is 1.26. The summed E-state index contributed by atoms with van der Waals surface area (Å²) in [7, 11) is 5.05. The normalized spacial score (nSPS) is 56.7. The molecule has 2 aromatic rings. The van der Waals surface area contributed by atoms with Crippen LogP contribution in [0.2, 0.25) is 0 Å². The number of hydrogen-bond donors (Lipinski definition) is 2. The van der Waals surface area contributed by atoms with Crippen molar-refractivity contribution in [3.05, 3.63) is 83.0 Å². The molecule has 12 rings (SSSR count). The highest BCUT2D eigenvalue weighted by Crippen LogP contribution is 2.87. The fourth-order valence-corrected chi connectivity index (χ4v) is 16.7. The number of nitrogens with zero attached hydrogens (tertiary/aromatic N) is 4. The van der Waals surface area contributed by atoms with E-state index in [1.165, 1.54) is 35.6 Å². The number of fused-ring (bicyclic) bond motifs is 6. The summed E-state index contributed by atoms with van der Waals surface area (Å²) in [6, 6.07) is 19.5. The van der Waals surface area contributed by atoms with E-state index in [1.807, 2.05) is 0 Å². The maximum Gasteiger partial charge on any atom is 0.136 e. The quantitative estimate of drug-likeness (QED) is 0.343. The molecule has 6 heteroatoms. The molecule has 14 unspecified atom stereocenters. The van der Waals surface area contributed by atoms with Crippen LogP contribution in [-0.2, 0) is 10.8 Å². The van der Waals surface area contributed by atoms with Crippen molar-refractivity contribution in [3.8, 4) is 0 Å². The molecule has 2 aliphatic carbocycles. The molecule has 10 aliphatic rings. The summed E-state index contributed by atoms with van der Waals surface area (Å²) in [6.07, 6.45) is 8.10. The van der Waals surface area contributed by atoms with Crippen molar-refractivity contribution < 1.29 is 19.2 Å². The molecule has 4 bridgehead atoms. The second-order valence-corrected chi connectivity index (χ2v) is 17.9. The van der Waals surface area contributed by atoms with Gasteiger partial charge in [0.05, 0.1) is 60.9 Å². The summed E-state index contributed by atoms with van der Waals surface area (Å²) in [5.74, 6) is 0.505. The summed E-state index contributed by atoms with van der Waals surface area (Å²) in [5.41, 5.74) is 7.44. The van der Waals surface area contributed by atoms with E-state index in [-0.39, 0.29) is 34.7 Å². The van der Waals surface area contributed by atoms with Gasteiger partial charge in [-0.25, -0.2) is 0 Å². The zero-order valence-corrected chi connectivity index (χ0v) is 27.7. The van der Waals surface area contributed by atoms with E-state index >= 15 is 0 Å². The van der Waals surface area contributed by atoms with Crippen LogP contribution in [0.15, 0.2) is 71.8 Å². The Morgan fingerprint density at radius 3 is 1.50 bits per heavy atom. The van der Waals surface area contributed by atoms with Crippen molar-refractivity contribution in [1.82, 2.24) is 0 Å². The molecule has 2 N–H and O–H groups in total. The first kappa shape index (κ1) is 26.3. The summed E-state index contributed by atoms with van der Waals surface area (Å²) < 4.78 is 2.21. The molecule has 0 radical (unpaired) electrons. The molecule has 6 nitrogen and oxygen atoms in total. The Morgan fingerprint density at radius 2 is 1.09 bits per heavy atom. The molecule has 46 heavy (non-hydrogen) atoms. The molecular formula is C40H48N4O2+2. The van der Waals surface area contributed by atoms with Crippen LogP contribution in [-0.4, -0.2) is 96.1 Å². The molecule has 4 spiro atoms. The van der Waals surface area contributed by atoms with E-state index < -0.39 is 23.3 Å². The van der Waals surface area contributed by atoms with Crippen LogP contribution in [0.4, 0.5) is 11.4 Å². The minimum Gasteiger partial charge on any atom is -0.373 e. The molecule has 8 heterocycles. The SMILES string of the molecule is C/C=C1/C[N+]2(C)CCC34c5ccccc5N5C(O)C67C8CC9C%10(CC[N+]9(C)C/C8=C/C)c8ccccc8N(C(O)C6(C1CC32)C54)C%107. The van der Waals surface area contributed by atoms with Crippen LogP contribution in [0, 0.1) is 22.7 Å². The van der Waals surface area contributed by atoms with Crippen molar-refractivity contribution in [2.45, 2.75) is 87.0 Å². The van der Waals surface area contributed by atoms with Crippen molar-refractivity contribution in [1.29, 1.82) is 0 Å². The highest BCUT2D eigenvalue weighted by molar-refractivity contribution is 5.77. The number of quaternary nitrogens is 2. The average molecular weight is 617 g/mol. The molecule has 8 fully saturated rings. The summed E-state index contributed by atoms with van der Waals surface area (Å²) in [6.45, 7) is 9.03. The number of anilines is 2. The zero-order valence-electron chi connectivity index (χ0n) is 27.7. The predicted molar refractivity (Wildman–Crippen MR) is 178 cm³/mol. The molecule has 2 aromatic carbocycles. The molecule has 2 saturated carbocycles. The van der Waals surface area contributed by atoms with Crippen LogP contribution < -0.4 is 9.80 Å². The Kier molecular flexibility index (Phi) is 4.20. The van der Waals surface area contributed by atoms with Crippen molar-refractivity contribution in [2.24, 2.45) is 22.7 Å². The van der Waals surface area contributed by atoms with E-state index in [1.54, 1.807) is 11.1 Å². The number of aliphatic hydroxyl groups excluding tert-OH is 2. The van der Waals surface area contributed by atoms with Gasteiger partial charge in [-0.15, -0.1) is 0 Å². The van der Waals surface area contributed by atoms with Crippen molar-refractivity contribution in [2.75, 3.05) is 50.1 Å². The topological polar surface area (TPSA) is 46.9 Å². The van der Waals surface area contributed by atoms with Crippen LogP contribution in [0.3, 0.4) is 0 Å². The zero-order chi connectivity index (χ0) is 31.0. The van der Waals surface area contributed by atoms with Crippen LogP contribution in [0.25, 0.3) is 0 Å². The average Bonchev–Trinajstić information content (AvgIpc) is 3.85. The van der Waals surface area contributed by atoms with Crippen LogP contribution >= 0.6 is 0 Å². The van der Waals surface area contributed by atoms with Crippen molar-refractivity contribution >= 4 is 11.4 Å². The lowest BCUT2D eigenvalue weighted by Crippen LogP contribution is -2.77. The lowest BCUT2D eigenvalue weighted by atomic mass is 9.36.